The summed E-state index contributed by atoms with van der Waals surface area (Å²) in [7, 11) is 0. The third kappa shape index (κ3) is 6.46. The van der Waals surface area contributed by atoms with Crippen molar-refractivity contribution in [3.63, 3.8) is 0 Å². The van der Waals surface area contributed by atoms with Gasteiger partial charge in [0.2, 0.25) is 0 Å². The van der Waals surface area contributed by atoms with Gasteiger partial charge in [-0.3, -0.25) is 9.48 Å². The van der Waals surface area contributed by atoms with Crippen LogP contribution in [-0.4, -0.2) is 34.9 Å². The number of halogens is 3. The standard InChI is InChI=1S/C9H12F3N3.C5H10O2/c10-9(11,12)7-5-14-15(6-7)8-1-3-13-4-2-8;1-5(2,3)7-4-6/h5-6,8,13H,1-4H2;4H,1-3H3. The van der Waals surface area contributed by atoms with Gasteiger partial charge in [0, 0.05) is 6.20 Å². The third-order valence-corrected chi connectivity index (χ3v) is 3.01. The van der Waals surface area contributed by atoms with E-state index < -0.39 is 11.7 Å². The van der Waals surface area contributed by atoms with Gasteiger partial charge in [-0.25, -0.2) is 0 Å². The highest BCUT2D eigenvalue weighted by Gasteiger charge is 2.32. The number of hydrogen-bond acceptors (Lipinski definition) is 4. The lowest BCUT2D eigenvalue weighted by atomic mass is 10.1. The van der Waals surface area contributed by atoms with E-state index >= 15 is 0 Å². The number of carbonyl (C=O) groups is 1. The molecule has 1 N–H and O–H groups in total. The predicted octanol–water partition coefficient (Wildman–Crippen LogP) is 2.78. The monoisotopic (exact) mass is 321 g/mol. The molecule has 0 spiro atoms. The molecule has 1 aliphatic heterocycles. The SMILES string of the molecule is CC(C)(C)OC=O.FC(F)(F)c1cnn(C2CCNCC2)c1. The van der Waals surface area contributed by atoms with Gasteiger partial charge < -0.3 is 10.1 Å². The van der Waals surface area contributed by atoms with E-state index in [-0.39, 0.29) is 11.6 Å². The molecule has 22 heavy (non-hydrogen) atoms. The van der Waals surface area contributed by atoms with Crippen molar-refractivity contribution in [3.05, 3.63) is 18.0 Å². The Kier molecular flexibility index (Phi) is 6.40. The van der Waals surface area contributed by atoms with Gasteiger partial charge in [-0.2, -0.15) is 18.3 Å². The first kappa shape index (κ1) is 18.5. The van der Waals surface area contributed by atoms with Crippen LogP contribution in [0.2, 0.25) is 0 Å². The van der Waals surface area contributed by atoms with Crippen molar-refractivity contribution in [1.82, 2.24) is 15.1 Å². The summed E-state index contributed by atoms with van der Waals surface area (Å²) in [4.78, 5) is 9.60. The van der Waals surface area contributed by atoms with E-state index in [1.165, 1.54) is 4.68 Å². The summed E-state index contributed by atoms with van der Waals surface area (Å²) in [6.45, 7) is 7.60. The summed E-state index contributed by atoms with van der Waals surface area (Å²) in [6.07, 6.45) is -0.638. The average Bonchev–Trinajstić information content (AvgIpc) is 2.88. The highest BCUT2D eigenvalue weighted by molar-refractivity contribution is 5.37. The first-order valence-electron chi connectivity index (χ1n) is 7.07. The summed E-state index contributed by atoms with van der Waals surface area (Å²) in [5.74, 6) is 0. The van der Waals surface area contributed by atoms with Gasteiger partial charge in [0.25, 0.3) is 6.47 Å². The van der Waals surface area contributed by atoms with Gasteiger partial charge in [-0.15, -0.1) is 0 Å². The molecule has 0 aromatic carbocycles. The zero-order valence-corrected chi connectivity index (χ0v) is 13.0. The maximum Gasteiger partial charge on any atom is 0.419 e. The summed E-state index contributed by atoms with van der Waals surface area (Å²) >= 11 is 0. The van der Waals surface area contributed by atoms with E-state index in [0.29, 0.717) is 6.47 Å². The van der Waals surface area contributed by atoms with Gasteiger partial charge >= 0.3 is 6.18 Å². The smallest absolute Gasteiger partial charge is 0.419 e. The topological polar surface area (TPSA) is 56.1 Å². The highest BCUT2D eigenvalue weighted by Crippen LogP contribution is 2.30. The lowest BCUT2D eigenvalue weighted by Gasteiger charge is -2.22. The minimum atomic E-state index is -4.29. The van der Waals surface area contributed by atoms with Crippen LogP contribution in [-0.2, 0) is 15.7 Å². The average molecular weight is 321 g/mol. The Morgan fingerprint density at radius 3 is 2.27 bits per heavy atom. The van der Waals surface area contributed by atoms with Gasteiger partial charge in [0.1, 0.15) is 5.60 Å². The van der Waals surface area contributed by atoms with Crippen LogP contribution < -0.4 is 5.32 Å². The molecule has 0 amide bonds. The number of rotatable bonds is 2. The molecule has 1 aliphatic rings. The Bertz CT molecular complexity index is 461. The summed E-state index contributed by atoms with van der Waals surface area (Å²) < 4.78 is 42.9. The van der Waals surface area contributed by atoms with Crippen molar-refractivity contribution >= 4 is 6.47 Å². The van der Waals surface area contributed by atoms with Crippen LogP contribution in [0.4, 0.5) is 13.2 Å². The number of aromatic nitrogens is 2. The Hall–Kier alpha value is -1.57. The Morgan fingerprint density at radius 1 is 1.32 bits per heavy atom. The third-order valence-electron chi connectivity index (χ3n) is 3.01. The number of alkyl halides is 3. The molecule has 0 saturated carbocycles. The van der Waals surface area contributed by atoms with Crippen molar-refractivity contribution in [1.29, 1.82) is 0 Å². The van der Waals surface area contributed by atoms with Gasteiger partial charge in [-0.05, 0) is 46.7 Å². The van der Waals surface area contributed by atoms with Crippen molar-refractivity contribution in [2.45, 2.75) is 51.4 Å². The van der Waals surface area contributed by atoms with Crippen LogP contribution in [0.15, 0.2) is 12.4 Å². The summed E-state index contributed by atoms with van der Waals surface area (Å²) in [6, 6.07) is 0.0994. The minimum absolute atomic E-state index is 0.0994. The number of nitrogens with one attached hydrogen (secondary N) is 1. The Balaban J connectivity index is 0.000000295. The van der Waals surface area contributed by atoms with Crippen molar-refractivity contribution in [2.24, 2.45) is 0 Å². The molecule has 2 rings (SSSR count). The van der Waals surface area contributed by atoms with Gasteiger partial charge in [0.05, 0.1) is 17.8 Å². The van der Waals surface area contributed by atoms with Crippen LogP contribution >= 0.6 is 0 Å². The minimum Gasteiger partial charge on any atom is -0.462 e. The molecule has 2 heterocycles. The number of ether oxygens (including phenoxy) is 1. The molecule has 0 radical (unpaired) electrons. The molecule has 0 aliphatic carbocycles. The van der Waals surface area contributed by atoms with E-state index in [4.69, 9.17) is 0 Å². The molecule has 1 saturated heterocycles. The van der Waals surface area contributed by atoms with Crippen molar-refractivity contribution < 1.29 is 22.7 Å². The normalized spacial score (nSPS) is 16.6. The molecular weight excluding hydrogens is 299 g/mol. The molecule has 0 bridgehead atoms. The van der Waals surface area contributed by atoms with E-state index in [2.05, 4.69) is 15.2 Å². The molecule has 0 unspecified atom stereocenters. The largest absolute Gasteiger partial charge is 0.462 e. The molecule has 8 heteroatoms. The first-order chi connectivity index (χ1) is 10.1. The van der Waals surface area contributed by atoms with E-state index in [0.717, 1.165) is 38.3 Å². The highest BCUT2D eigenvalue weighted by atomic mass is 19.4. The Morgan fingerprint density at radius 2 is 1.91 bits per heavy atom. The fourth-order valence-corrected chi connectivity index (χ4v) is 1.90. The predicted molar refractivity (Wildman–Crippen MR) is 75.3 cm³/mol. The lowest BCUT2D eigenvalue weighted by molar-refractivity contribution is -0.139. The lowest BCUT2D eigenvalue weighted by Crippen LogP contribution is -2.29. The van der Waals surface area contributed by atoms with Crippen LogP contribution in [0.25, 0.3) is 0 Å². The van der Waals surface area contributed by atoms with Gasteiger partial charge in [-0.1, -0.05) is 0 Å². The zero-order valence-electron chi connectivity index (χ0n) is 13.0. The summed E-state index contributed by atoms with van der Waals surface area (Å²) in [5, 5.41) is 6.93. The number of carbonyl (C=O) groups excluding carboxylic acids is 1. The first-order valence-corrected chi connectivity index (χ1v) is 7.07. The molecular formula is C14H22F3N3O2. The number of nitrogens with zero attached hydrogens (tertiary/aromatic N) is 2. The second-order valence-corrected chi connectivity index (χ2v) is 6.01. The van der Waals surface area contributed by atoms with Crippen LogP contribution in [0.5, 0.6) is 0 Å². The molecule has 1 aromatic heterocycles. The molecule has 1 aromatic rings. The Labute approximate surface area is 127 Å². The maximum atomic E-state index is 12.3. The zero-order chi connectivity index (χ0) is 16.8. The van der Waals surface area contributed by atoms with Crippen LogP contribution in [0, 0.1) is 0 Å². The van der Waals surface area contributed by atoms with E-state index in [1.807, 2.05) is 20.8 Å². The molecule has 126 valence electrons. The van der Waals surface area contributed by atoms with E-state index in [1.54, 1.807) is 0 Å². The fourth-order valence-electron chi connectivity index (χ4n) is 1.90. The van der Waals surface area contributed by atoms with E-state index in [9.17, 15) is 18.0 Å². The second-order valence-electron chi connectivity index (χ2n) is 6.01. The maximum absolute atomic E-state index is 12.3. The number of piperidine rings is 1. The second kappa shape index (κ2) is 7.62. The van der Waals surface area contributed by atoms with Crippen LogP contribution in [0.1, 0.15) is 45.2 Å². The molecule has 1 fully saturated rings. The van der Waals surface area contributed by atoms with Gasteiger partial charge in [0.15, 0.2) is 0 Å². The van der Waals surface area contributed by atoms with Crippen molar-refractivity contribution in [2.75, 3.05) is 13.1 Å². The summed E-state index contributed by atoms with van der Waals surface area (Å²) in [5.41, 5.74) is -0.983. The molecule has 0 atom stereocenters. The van der Waals surface area contributed by atoms with Crippen LogP contribution in [0.3, 0.4) is 0 Å². The number of hydrogen-bond donors (Lipinski definition) is 1. The quantitative estimate of drug-likeness (QED) is 0.851. The molecule has 5 nitrogen and oxygen atoms in total. The fraction of sp³-hybridized carbons (Fsp3) is 0.714. The van der Waals surface area contributed by atoms with Crippen molar-refractivity contribution in [3.8, 4) is 0 Å².